The van der Waals surface area contributed by atoms with Gasteiger partial charge in [0.1, 0.15) is 11.3 Å². The molecule has 0 aliphatic heterocycles. The third-order valence-electron chi connectivity index (χ3n) is 3.58. The minimum Gasteiger partial charge on any atom is -0.346 e. The molecule has 4 aromatic rings. The van der Waals surface area contributed by atoms with Crippen molar-refractivity contribution < 1.29 is 4.39 Å². The van der Waals surface area contributed by atoms with Crippen LogP contribution in [0.5, 0.6) is 0 Å². The molecule has 0 amide bonds. The van der Waals surface area contributed by atoms with E-state index in [1.165, 1.54) is 12.3 Å². The maximum Gasteiger partial charge on any atom is 0.212 e. The summed E-state index contributed by atoms with van der Waals surface area (Å²) >= 11 is 0. The van der Waals surface area contributed by atoms with Gasteiger partial charge in [-0.1, -0.05) is 0 Å². The van der Waals surface area contributed by atoms with Crippen molar-refractivity contribution in [1.82, 2.24) is 24.7 Å². The van der Waals surface area contributed by atoms with Crippen LogP contribution >= 0.6 is 0 Å². The molecular weight excluding hydrogens is 281 g/mol. The summed E-state index contributed by atoms with van der Waals surface area (Å²) in [6.45, 7) is 0. The molecule has 4 aromatic heterocycles. The number of aryl methyl sites for hydroxylation is 1. The van der Waals surface area contributed by atoms with E-state index in [1.54, 1.807) is 16.9 Å². The number of aromatic amines is 1. The lowest BCUT2D eigenvalue weighted by molar-refractivity contribution is 0.584. The maximum absolute atomic E-state index is 13.0. The van der Waals surface area contributed by atoms with E-state index in [-0.39, 0.29) is 0 Å². The molecule has 0 unspecified atom stereocenters. The Labute approximate surface area is 125 Å². The van der Waals surface area contributed by atoms with Crippen LogP contribution in [0.25, 0.3) is 33.4 Å². The van der Waals surface area contributed by atoms with Crippen molar-refractivity contribution in [2.45, 2.75) is 0 Å². The molecule has 4 rings (SSSR count). The van der Waals surface area contributed by atoms with E-state index in [0.29, 0.717) is 0 Å². The lowest BCUT2D eigenvalue weighted by Crippen LogP contribution is -1.89. The summed E-state index contributed by atoms with van der Waals surface area (Å²) in [6, 6.07) is 6.96. The van der Waals surface area contributed by atoms with Crippen LogP contribution in [0.3, 0.4) is 0 Å². The Morgan fingerprint density at radius 2 is 2.00 bits per heavy atom. The fraction of sp³-hybridized carbons (Fsp3) is 0.0625. The lowest BCUT2D eigenvalue weighted by Gasteiger charge is -2.04. The SMILES string of the molecule is Cn1cc(-c2ccnc3[nH]ccc23)c(-c2ccc(F)nc2)n1. The second kappa shape index (κ2) is 4.77. The zero-order valence-corrected chi connectivity index (χ0v) is 11.8. The van der Waals surface area contributed by atoms with E-state index in [0.717, 1.165) is 33.4 Å². The average Bonchev–Trinajstić information content (AvgIpc) is 3.14. The van der Waals surface area contributed by atoms with Gasteiger partial charge in [-0.3, -0.25) is 4.68 Å². The zero-order chi connectivity index (χ0) is 15.1. The topological polar surface area (TPSA) is 59.4 Å². The van der Waals surface area contributed by atoms with Crippen LogP contribution in [-0.2, 0) is 7.05 Å². The molecule has 0 saturated carbocycles. The monoisotopic (exact) mass is 293 g/mol. The Morgan fingerprint density at radius 1 is 1.09 bits per heavy atom. The summed E-state index contributed by atoms with van der Waals surface area (Å²) < 4.78 is 14.8. The van der Waals surface area contributed by atoms with E-state index in [1.807, 2.05) is 31.6 Å². The molecule has 0 atom stereocenters. The van der Waals surface area contributed by atoms with Crippen LogP contribution in [0.15, 0.2) is 49.1 Å². The van der Waals surface area contributed by atoms with Crippen LogP contribution in [0, 0.1) is 5.95 Å². The Balaban J connectivity index is 1.96. The highest BCUT2D eigenvalue weighted by molar-refractivity contribution is 5.96. The standard InChI is InChI=1S/C16H12FN5/c1-22-9-13(11-4-6-18-16-12(11)5-7-19-16)15(21-22)10-2-3-14(17)20-8-10/h2-9H,1H3,(H,18,19). The first-order valence-electron chi connectivity index (χ1n) is 6.80. The number of halogens is 1. The highest BCUT2D eigenvalue weighted by Gasteiger charge is 2.15. The second-order valence-corrected chi connectivity index (χ2v) is 5.03. The van der Waals surface area contributed by atoms with Crippen molar-refractivity contribution in [3.63, 3.8) is 0 Å². The summed E-state index contributed by atoms with van der Waals surface area (Å²) in [5, 5.41) is 5.52. The van der Waals surface area contributed by atoms with Gasteiger partial charge >= 0.3 is 0 Å². The number of nitrogens with zero attached hydrogens (tertiary/aromatic N) is 4. The van der Waals surface area contributed by atoms with Crippen LogP contribution in [0.4, 0.5) is 4.39 Å². The first kappa shape index (κ1) is 12.7. The van der Waals surface area contributed by atoms with E-state index >= 15 is 0 Å². The van der Waals surface area contributed by atoms with E-state index in [9.17, 15) is 4.39 Å². The highest BCUT2D eigenvalue weighted by Crippen LogP contribution is 2.34. The van der Waals surface area contributed by atoms with E-state index in [4.69, 9.17) is 0 Å². The van der Waals surface area contributed by atoms with E-state index < -0.39 is 5.95 Å². The van der Waals surface area contributed by atoms with Gasteiger partial charge in [-0.15, -0.1) is 0 Å². The van der Waals surface area contributed by atoms with Crippen molar-refractivity contribution in [3.05, 3.63) is 55.0 Å². The van der Waals surface area contributed by atoms with Crippen LogP contribution in [0.1, 0.15) is 0 Å². The van der Waals surface area contributed by atoms with Crippen molar-refractivity contribution in [3.8, 4) is 22.4 Å². The van der Waals surface area contributed by atoms with Crippen molar-refractivity contribution >= 4 is 11.0 Å². The Hall–Kier alpha value is -3.02. The minimum atomic E-state index is -0.502. The number of hydrogen-bond donors (Lipinski definition) is 1. The summed E-state index contributed by atoms with van der Waals surface area (Å²) in [7, 11) is 1.86. The molecule has 0 bridgehead atoms. The molecule has 0 aliphatic carbocycles. The Bertz CT molecular complexity index is 952. The number of fused-ring (bicyclic) bond motifs is 1. The third-order valence-corrected chi connectivity index (χ3v) is 3.58. The van der Waals surface area contributed by atoms with Gasteiger partial charge in [0, 0.05) is 48.3 Å². The van der Waals surface area contributed by atoms with Gasteiger partial charge < -0.3 is 4.98 Å². The quantitative estimate of drug-likeness (QED) is 0.577. The molecule has 0 spiro atoms. The van der Waals surface area contributed by atoms with E-state index in [2.05, 4.69) is 20.1 Å². The minimum absolute atomic E-state index is 0.502. The maximum atomic E-state index is 13.0. The number of rotatable bonds is 2. The lowest BCUT2D eigenvalue weighted by atomic mass is 10.0. The number of hydrogen-bond acceptors (Lipinski definition) is 3. The third kappa shape index (κ3) is 1.96. The predicted molar refractivity (Wildman–Crippen MR) is 81.5 cm³/mol. The molecule has 0 fully saturated rings. The summed E-state index contributed by atoms with van der Waals surface area (Å²) in [5.74, 6) is -0.502. The summed E-state index contributed by atoms with van der Waals surface area (Å²) in [5.41, 5.74) is 4.35. The molecule has 6 heteroatoms. The first-order chi connectivity index (χ1) is 10.7. The fourth-order valence-corrected chi connectivity index (χ4v) is 2.61. The fourth-order valence-electron chi connectivity index (χ4n) is 2.61. The molecule has 22 heavy (non-hydrogen) atoms. The van der Waals surface area contributed by atoms with Crippen molar-refractivity contribution in [1.29, 1.82) is 0 Å². The molecule has 4 heterocycles. The summed E-state index contributed by atoms with van der Waals surface area (Å²) in [6.07, 6.45) is 7.06. The highest BCUT2D eigenvalue weighted by atomic mass is 19.1. The van der Waals surface area contributed by atoms with Crippen LogP contribution in [-0.4, -0.2) is 24.7 Å². The van der Waals surface area contributed by atoms with Gasteiger partial charge in [-0.25, -0.2) is 9.97 Å². The van der Waals surface area contributed by atoms with Gasteiger partial charge in [-0.2, -0.15) is 9.49 Å². The van der Waals surface area contributed by atoms with Crippen molar-refractivity contribution in [2.24, 2.45) is 7.05 Å². The average molecular weight is 293 g/mol. The smallest absolute Gasteiger partial charge is 0.212 e. The van der Waals surface area contributed by atoms with Crippen LogP contribution in [0.2, 0.25) is 0 Å². The van der Waals surface area contributed by atoms with Gasteiger partial charge in [0.2, 0.25) is 5.95 Å². The number of aromatic nitrogens is 5. The molecule has 0 aromatic carbocycles. The molecule has 108 valence electrons. The largest absolute Gasteiger partial charge is 0.346 e. The van der Waals surface area contributed by atoms with Crippen molar-refractivity contribution in [2.75, 3.05) is 0 Å². The predicted octanol–water partition coefficient (Wildman–Crippen LogP) is 3.16. The van der Waals surface area contributed by atoms with Gasteiger partial charge in [0.05, 0.1) is 0 Å². The van der Waals surface area contributed by atoms with Gasteiger partial charge in [-0.05, 0) is 29.8 Å². The molecule has 5 nitrogen and oxygen atoms in total. The van der Waals surface area contributed by atoms with Gasteiger partial charge in [0.15, 0.2) is 0 Å². The molecular formula is C16H12FN5. The Morgan fingerprint density at radius 3 is 2.82 bits per heavy atom. The van der Waals surface area contributed by atoms with Gasteiger partial charge in [0.25, 0.3) is 0 Å². The number of H-pyrrole nitrogens is 1. The second-order valence-electron chi connectivity index (χ2n) is 5.03. The first-order valence-corrected chi connectivity index (χ1v) is 6.80. The summed E-state index contributed by atoms with van der Waals surface area (Å²) in [4.78, 5) is 11.1. The Kier molecular flexibility index (Phi) is 2.75. The molecule has 0 saturated heterocycles. The molecule has 0 radical (unpaired) electrons. The molecule has 0 aliphatic rings. The zero-order valence-electron chi connectivity index (χ0n) is 11.8. The number of nitrogens with one attached hydrogen (secondary N) is 1. The normalized spacial score (nSPS) is 11.2. The van der Waals surface area contributed by atoms with Crippen LogP contribution < -0.4 is 0 Å². The molecule has 1 N–H and O–H groups in total. The number of pyridine rings is 2.